The van der Waals surface area contributed by atoms with Crippen LogP contribution in [-0.4, -0.2) is 67.1 Å². The molecule has 6 rings (SSSR count). The van der Waals surface area contributed by atoms with Crippen molar-refractivity contribution in [2.24, 2.45) is 0 Å². The molecule has 9 nitrogen and oxygen atoms in total. The Labute approximate surface area is 398 Å². The van der Waals surface area contributed by atoms with Gasteiger partial charge in [0.25, 0.3) is 0 Å². The summed E-state index contributed by atoms with van der Waals surface area (Å²) in [4.78, 5) is 27.2. The molecule has 1 saturated heterocycles. The maximum atomic E-state index is 13.8. The van der Waals surface area contributed by atoms with Crippen LogP contribution in [0.3, 0.4) is 0 Å². The average Bonchev–Trinajstić information content (AvgIpc) is 3.52. The molecule has 1 amide bonds. The van der Waals surface area contributed by atoms with Gasteiger partial charge in [-0.1, -0.05) is 121 Å². The SMILES string of the molecule is CC(C)(C)OC(=O)NCCCC1(C)OB(c2ccc(COC(=O)Cc3cccc(OCCCN(Cc4cccc(C(F)(F)F)c4Cl)CC(c4ccccc4)c4ccccc4)c3)cc2)OC1(C)C. The lowest BCUT2D eigenvalue weighted by atomic mass is 9.79. The smallest absolute Gasteiger partial charge is 0.494 e. The molecule has 0 bridgehead atoms. The van der Waals surface area contributed by atoms with E-state index in [9.17, 15) is 22.8 Å². The van der Waals surface area contributed by atoms with Gasteiger partial charge < -0.3 is 28.8 Å². The lowest BCUT2D eigenvalue weighted by molar-refractivity contribution is -0.144. The number of hydrogen-bond acceptors (Lipinski definition) is 8. The molecule has 0 spiro atoms. The third kappa shape index (κ3) is 14.8. The molecule has 1 N–H and O–H groups in total. The summed E-state index contributed by atoms with van der Waals surface area (Å²) >= 11 is 6.40. The van der Waals surface area contributed by atoms with Crippen molar-refractivity contribution in [3.63, 3.8) is 0 Å². The van der Waals surface area contributed by atoms with Crippen molar-refractivity contribution >= 4 is 36.2 Å². The first-order valence-corrected chi connectivity index (χ1v) is 23.1. The number of carbonyl (C=O) groups is 2. The van der Waals surface area contributed by atoms with Crippen molar-refractivity contribution in [1.82, 2.24) is 10.2 Å². The first kappa shape index (κ1) is 51.1. The van der Waals surface area contributed by atoms with Crippen molar-refractivity contribution in [2.45, 2.75) is 109 Å². The Balaban J connectivity index is 0.997. The highest BCUT2D eigenvalue weighted by Gasteiger charge is 2.54. The van der Waals surface area contributed by atoms with E-state index in [0.29, 0.717) is 56.8 Å². The van der Waals surface area contributed by atoms with Gasteiger partial charge in [0.2, 0.25) is 0 Å². The van der Waals surface area contributed by atoms with E-state index >= 15 is 0 Å². The molecule has 5 aromatic rings. The van der Waals surface area contributed by atoms with Gasteiger partial charge in [0.05, 0.1) is 34.8 Å². The van der Waals surface area contributed by atoms with Crippen molar-refractivity contribution in [3.8, 4) is 5.75 Å². The summed E-state index contributed by atoms with van der Waals surface area (Å²) < 4.78 is 71.5. The van der Waals surface area contributed by atoms with Crippen molar-refractivity contribution < 1.29 is 46.3 Å². The summed E-state index contributed by atoms with van der Waals surface area (Å²) in [5, 5.41) is 2.51. The van der Waals surface area contributed by atoms with E-state index in [2.05, 4.69) is 34.5 Å². The Bertz CT molecular complexity index is 2340. The average molecular weight is 941 g/mol. The number of alkyl carbamates (subject to hydrolysis) is 1. The zero-order chi connectivity index (χ0) is 48.2. The zero-order valence-electron chi connectivity index (χ0n) is 39.2. The molecule has 14 heteroatoms. The first-order chi connectivity index (χ1) is 31.8. The number of amides is 1. The van der Waals surface area contributed by atoms with Crippen LogP contribution >= 0.6 is 11.6 Å². The minimum absolute atomic E-state index is 0.0473. The van der Waals surface area contributed by atoms with Crippen LogP contribution in [0.25, 0.3) is 0 Å². The van der Waals surface area contributed by atoms with Crippen LogP contribution < -0.4 is 15.5 Å². The van der Waals surface area contributed by atoms with Gasteiger partial charge in [-0.3, -0.25) is 9.69 Å². The second kappa shape index (κ2) is 22.6. The van der Waals surface area contributed by atoms with Crippen LogP contribution in [0.5, 0.6) is 5.75 Å². The van der Waals surface area contributed by atoms with Crippen molar-refractivity contribution in [2.75, 3.05) is 26.2 Å². The second-order valence-electron chi connectivity index (χ2n) is 18.7. The number of halogens is 4. The third-order valence-corrected chi connectivity index (χ3v) is 12.4. The summed E-state index contributed by atoms with van der Waals surface area (Å²) in [6.07, 6.45) is -3.07. The Kier molecular flexibility index (Phi) is 17.3. The number of esters is 1. The minimum Gasteiger partial charge on any atom is -0.494 e. The first-order valence-electron chi connectivity index (χ1n) is 22.7. The highest BCUT2D eigenvalue weighted by Crippen LogP contribution is 2.41. The monoisotopic (exact) mass is 940 g/mol. The predicted molar refractivity (Wildman–Crippen MR) is 256 cm³/mol. The van der Waals surface area contributed by atoms with Gasteiger partial charge in [0.15, 0.2) is 0 Å². The van der Waals surface area contributed by atoms with Crippen LogP contribution in [0.2, 0.25) is 5.02 Å². The summed E-state index contributed by atoms with van der Waals surface area (Å²) in [6.45, 7) is 13.6. The lowest BCUT2D eigenvalue weighted by Gasteiger charge is -2.36. The van der Waals surface area contributed by atoms with Gasteiger partial charge in [0.1, 0.15) is 18.0 Å². The number of benzene rings is 5. The molecule has 356 valence electrons. The summed E-state index contributed by atoms with van der Waals surface area (Å²) in [5.41, 5.74) is 2.35. The summed E-state index contributed by atoms with van der Waals surface area (Å²) in [7, 11) is -0.584. The Morgan fingerprint density at radius 2 is 1.46 bits per heavy atom. The number of hydrogen-bond donors (Lipinski definition) is 1. The molecule has 1 heterocycles. The highest BCUT2D eigenvalue weighted by molar-refractivity contribution is 6.62. The number of alkyl halides is 3. The van der Waals surface area contributed by atoms with Crippen LogP contribution in [0, 0.1) is 0 Å². The normalized spacial score (nSPS) is 16.0. The van der Waals surface area contributed by atoms with E-state index in [1.54, 1.807) is 6.07 Å². The number of carbonyl (C=O) groups excluding carboxylic acids is 2. The quantitative estimate of drug-likeness (QED) is 0.0468. The number of rotatable bonds is 20. The molecule has 67 heavy (non-hydrogen) atoms. The van der Waals surface area contributed by atoms with E-state index in [4.69, 9.17) is 35.1 Å². The van der Waals surface area contributed by atoms with E-state index < -0.39 is 47.7 Å². The largest absolute Gasteiger partial charge is 0.494 e. The molecule has 0 aromatic heterocycles. The van der Waals surface area contributed by atoms with Crippen molar-refractivity contribution in [1.29, 1.82) is 0 Å². The highest BCUT2D eigenvalue weighted by atomic mass is 35.5. The summed E-state index contributed by atoms with van der Waals surface area (Å²) in [6, 6.07) is 39.0. The Morgan fingerprint density at radius 1 is 0.806 bits per heavy atom. The van der Waals surface area contributed by atoms with E-state index in [0.717, 1.165) is 33.8 Å². The molecule has 1 aliphatic rings. The van der Waals surface area contributed by atoms with E-state index in [1.807, 2.05) is 126 Å². The maximum absolute atomic E-state index is 13.8. The fourth-order valence-electron chi connectivity index (χ4n) is 8.03. The van der Waals surface area contributed by atoms with E-state index in [-0.39, 0.29) is 30.5 Å². The minimum atomic E-state index is -4.57. The molecule has 0 aliphatic carbocycles. The van der Waals surface area contributed by atoms with Crippen LogP contribution in [-0.2, 0) is 49.3 Å². The van der Waals surface area contributed by atoms with Gasteiger partial charge >= 0.3 is 25.4 Å². The standard InChI is InChI=1S/C53H61BClF3N2O7/c1-50(2,3)65-49(62)59-30-15-29-52(6)51(4,5)66-54(67-52)43-27-25-38(26-28-43)37-64-47(61)34-39-17-13-23-44(33-39)63-32-16-31-60(35-42-22-14-24-46(48(42)55)53(56,57)58)36-45(40-18-9-7-10-19-40)41-20-11-8-12-21-41/h7-14,17-28,33,45H,15-16,29-32,34-37H2,1-6H3,(H,59,62). The predicted octanol–water partition coefficient (Wildman–Crippen LogP) is 11.3. The number of nitrogens with one attached hydrogen (secondary N) is 1. The van der Waals surface area contributed by atoms with Gasteiger partial charge in [-0.15, -0.1) is 0 Å². The molecule has 1 unspecified atom stereocenters. The van der Waals surface area contributed by atoms with Gasteiger partial charge in [-0.05, 0) is 112 Å². The summed E-state index contributed by atoms with van der Waals surface area (Å²) in [5.74, 6) is 0.152. The fourth-order valence-corrected chi connectivity index (χ4v) is 8.32. The second-order valence-corrected chi connectivity index (χ2v) is 19.0. The van der Waals surface area contributed by atoms with Gasteiger partial charge in [-0.2, -0.15) is 13.2 Å². The van der Waals surface area contributed by atoms with Crippen LogP contribution in [0.15, 0.2) is 127 Å². The number of ether oxygens (including phenoxy) is 3. The molecule has 5 aromatic carbocycles. The molecule has 0 radical (unpaired) electrons. The molecule has 1 atom stereocenters. The molecular weight excluding hydrogens is 880 g/mol. The molecule has 1 aliphatic heterocycles. The topological polar surface area (TPSA) is 95.6 Å². The van der Waals surface area contributed by atoms with Gasteiger partial charge in [0, 0.05) is 32.1 Å². The van der Waals surface area contributed by atoms with Crippen LogP contribution in [0.1, 0.15) is 100 Å². The van der Waals surface area contributed by atoms with Gasteiger partial charge in [-0.25, -0.2) is 4.79 Å². The maximum Gasteiger partial charge on any atom is 0.494 e. The van der Waals surface area contributed by atoms with Crippen LogP contribution in [0.4, 0.5) is 18.0 Å². The molecule has 0 saturated carbocycles. The molecular formula is C53H61BClF3N2O7. The fraction of sp³-hybridized carbons (Fsp3) is 0.396. The Hall–Kier alpha value is -5.34. The third-order valence-electron chi connectivity index (χ3n) is 11.9. The van der Waals surface area contributed by atoms with E-state index in [1.165, 1.54) is 6.07 Å². The number of nitrogens with zero attached hydrogens (tertiary/aromatic N) is 1. The molecule has 1 fully saturated rings. The van der Waals surface area contributed by atoms with Crippen molar-refractivity contribution in [3.05, 3.63) is 166 Å². The zero-order valence-corrected chi connectivity index (χ0v) is 39.9. The Morgan fingerprint density at radius 3 is 2.10 bits per heavy atom. The lowest BCUT2D eigenvalue weighted by Crippen LogP contribution is -2.45.